The number of carbonyl (C=O) groups excluding carboxylic acids is 2. The zero-order valence-electron chi connectivity index (χ0n) is 18.0. The lowest BCUT2D eigenvalue weighted by Gasteiger charge is -2.47. The third-order valence-electron chi connectivity index (χ3n) is 6.64. The maximum atomic E-state index is 13.0. The Balaban J connectivity index is 1.61. The van der Waals surface area contributed by atoms with Gasteiger partial charge < -0.3 is 0 Å². The Kier molecular flexibility index (Phi) is 5.50. The molecule has 2 aromatic carbocycles. The number of fused-ring (bicyclic) bond motifs is 1. The fourth-order valence-electron chi connectivity index (χ4n) is 4.80. The molecule has 2 heterocycles. The van der Waals surface area contributed by atoms with E-state index in [1.165, 1.54) is 10.5 Å². The second-order valence-corrected chi connectivity index (χ2v) is 10.1. The Hall–Kier alpha value is -2.17. The van der Waals surface area contributed by atoms with Crippen LogP contribution in [0.5, 0.6) is 0 Å². The highest BCUT2D eigenvalue weighted by Crippen LogP contribution is 2.40. The summed E-state index contributed by atoms with van der Waals surface area (Å²) < 4.78 is 0. The average molecular weight is 425 g/mol. The molecule has 2 aliphatic heterocycles. The smallest absolute Gasteiger partial charge is 0.261 e. The van der Waals surface area contributed by atoms with Crippen LogP contribution < -0.4 is 0 Å². The summed E-state index contributed by atoms with van der Waals surface area (Å²) in [5.41, 5.74) is 2.22. The minimum atomic E-state index is -0.163. The summed E-state index contributed by atoms with van der Waals surface area (Å²) >= 11 is 6.08. The highest BCUT2D eigenvalue weighted by Gasteiger charge is 2.44. The van der Waals surface area contributed by atoms with E-state index in [0.29, 0.717) is 17.7 Å². The largest absolute Gasteiger partial charge is 0.298 e. The van der Waals surface area contributed by atoms with E-state index in [2.05, 4.69) is 37.8 Å². The van der Waals surface area contributed by atoms with Crippen LogP contribution in [0, 0.1) is 5.41 Å². The first-order valence-electron chi connectivity index (χ1n) is 10.6. The molecule has 5 heteroatoms. The summed E-state index contributed by atoms with van der Waals surface area (Å²) in [6, 6.07) is 15.1. The Morgan fingerprint density at radius 1 is 0.900 bits per heavy atom. The summed E-state index contributed by atoms with van der Waals surface area (Å²) in [6.07, 6.45) is 2.72. The van der Waals surface area contributed by atoms with Crippen molar-refractivity contribution in [1.29, 1.82) is 0 Å². The molecule has 0 radical (unpaired) electrons. The molecular weight excluding hydrogens is 396 g/mol. The van der Waals surface area contributed by atoms with Crippen LogP contribution in [-0.4, -0.2) is 46.8 Å². The first kappa shape index (κ1) is 21.1. The monoisotopic (exact) mass is 424 g/mol. The third-order valence-corrected chi connectivity index (χ3v) is 6.89. The van der Waals surface area contributed by atoms with E-state index in [4.69, 9.17) is 11.6 Å². The normalized spacial score (nSPS) is 19.3. The topological polar surface area (TPSA) is 40.6 Å². The Bertz CT molecular complexity index is 919. The summed E-state index contributed by atoms with van der Waals surface area (Å²) in [7, 11) is 0. The van der Waals surface area contributed by atoms with Gasteiger partial charge in [0.25, 0.3) is 11.8 Å². The Morgan fingerprint density at radius 2 is 1.43 bits per heavy atom. The van der Waals surface area contributed by atoms with Gasteiger partial charge in [0.1, 0.15) is 0 Å². The molecule has 2 aliphatic rings. The van der Waals surface area contributed by atoms with Gasteiger partial charge in [0, 0.05) is 17.1 Å². The molecule has 30 heavy (non-hydrogen) atoms. The zero-order valence-corrected chi connectivity index (χ0v) is 18.7. The first-order chi connectivity index (χ1) is 14.2. The lowest BCUT2D eigenvalue weighted by Crippen LogP contribution is -2.53. The van der Waals surface area contributed by atoms with E-state index < -0.39 is 0 Å². The number of amides is 2. The molecule has 0 aromatic heterocycles. The summed E-state index contributed by atoms with van der Waals surface area (Å²) in [5, 5.41) is 0.718. The van der Waals surface area contributed by atoms with Crippen LogP contribution in [0.1, 0.15) is 59.9 Å². The molecule has 158 valence electrons. The Morgan fingerprint density at radius 3 is 1.93 bits per heavy atom. The lowest BCUT2D eigenvalue weighted by atomic mass is 9.72. The van der Waals surface area contributed by atoms with E-state index in [1.807, 2.05) is 24.3 Å². The average Bonchev–Trinajstić information content (AvgIpc) is 2.95. The zero-order chi connectivity index (χ0) is 21.5. The van der Waals surface area contributed by atoms with Crippen molar-refractivity contribution in [2.45, 2.75) is 45.6 Å². The van der Waals surface area contributed by atoms with Gasteiger partial charge in [-0.15, -0.1) is 0 Å². The standard InChI is InChI=1S/C25H29ClN2O2/c1-24(2,3)27-14-12-25(13-15-27,16-18-8-10-19(26)11-9-18)17-28-22(29)20-6-4-5-7-21(20)23(28)30/h4-11H,12-17H2,1-3H3. The molecule has 1 fully saturated rings. The van der Waals surface area contributed by atoms with Gasteiger partial charge >= 0.3 is 0 Å². The fourth-order valence-corrected chi connectivity index (χ4v) is 4.92. The fraction of sp³-hybridized carbons (Fsp3) is 0.440. The number of carbonyl (C=O) groups is 2. The van der Waals surface area contributed by atoms with Crippen LogP contribution in [0.4, 0.5) is 0 Å². The lowest BCUT2D eigenvalue weighted by molar-refractivity contribution is 0.0205. The van der Waals surface area contributed by atoms with Crippen molar-refractivity contribution in [2.24, 2.45) is 5.41 Å². The van der Waals surface area contributed by atoms with E-state index in [0.717, 1.165) is 37.4 Å². The van der Waals surface area contributed by atoms with Crippen molar-refractivity contribution in [3.63, 3.8) is 0 Å². The number of hydrogen-bond donors (Lipinski definition) is 0. The van der Waals surface area contributed by atoms with Crippen LogP contribution in [0.15, 0.2) is 48.5 Å². The van der Waals surface area contributed by atoms with Gasteiger partial charge in [-0.3, -0.25) is 19.4 Å². The maximum Gasteiger partial charge on any atom is 0.261 e. The highest BCUT2D eigenvalue weighted by atomic mass is 35.5. The number of likely N-dealkylation sites (tertiary alicyclic amines) is 1. The highest BCUT2D eigenvalue weighted by molar-refractivity contribution is 6.30. The van der Waals surface area contributed by atoms with Gasteiger partial charge in [0.15, 0.2) is 0 Å². The molecule has 4 nitrogen and oxygen atoms in total. The number of imide groups is 1. The van der Waals surface area contributed by atoms with Gasteiger partial charge in [-0.05, 0) is 88.4 Å². The third kappa shape index (κ3) is 4.03. The van der Waals surface area contributed by atoms with Crippen molar-refractivity contribution < 1.29 is 9.59 Å². The van der Waals surface area contributed by atoms with Gasteiger partial charge in [-0.25, -0.2) is 0 Å². The van der Waals surface area contributed by atoms with E-state index in [-0.39, 0.29) is 22.8 Å². The molecular formula is C25H29ClN2O2. The molecule has 0 bridgehead atoms. The minimum absolute atomic E-state index is 0.113. The molecule has 2 aromatic rings. The number of halogens is 1. The minimum Gasteiger partial charge on any atom is -0.298 e. The van der Waals surface area contributed by atoms with Crippen molar-refractivity contribution in [2.75, 3.05) is 19.6 Å². The van der Waals surface area contributed by atoms with Crippen molar-refractivity contribution >= 4 is 23.4 Å². The van der Waals surface area contributed by atoms with Crippen molar-refractivity contribution in [3.05, 3.63) is 70.2 Å². The number of piperidine rings is 1. The molecule has 0 atom stereocenters. The molecule has 0 spiro atoms. The maximum absolute atomic E-state index is 13.0. The van der Waals surface area contributed by atoms with E-state index >= 15 is 0 Å². The van der Waals surface area contributed by atoms with Gasteiger partial charge in [-0.2, -0.15) is 0 Å². The van der Waals surface area contributed by atoms with Gasteiger partial charge in [0.05, 0.1) is 11.1 Å². The molecule has 4 rings (SSSR count). The first-order valence-corrected chi connectivity index (χ1v) is 11.0. The van der Waals surface area contributed by atoms with Gasteiger partial charge in [-0.1, -0.05) is 35.9 Å². The molecule has 0 aliphatic carbocycles. The molecule has 1 saturated heterocycles. The molecule has 0 unspecified atom stereocenters. The van der Waals surface area contributed by atoms with Crippen LogP contribution in [0.2, 0.25) is 5.02 Å². The number of nitrogens with zero attached hydrogens (tertiary/aromatic N) is 2. The van der Waals surface area contributed by atoms with Crippen LogP contribution in [0.25, 0.3) is 0 Å². The SMILES string of the molecule is CC(C)(C)N1CCC(Cc2ccc(Cl)cc2)(CN2C(=O)c3ccccc3C2=O)CC1. The van der Waals surface area contributed by atoms with E-state index in [1.54, 1.807) is 12.1 Å². The molecule has 0 saturated carbocycles. The Labute approximate surface area is 183 Å². The predicted molar refractivity (Wildman–Crippen MR) is 120 cm³/mol. The van der Waals surface area contributed by atoms with Crippen LogP contribution in [-0.2, 0) is 6.42 Å². The molecule has 0 N–H and O–H groups in total. The second-order valence-electron chi connectivity index (χ2n) is 9.70. The number of benzene rings is 2. The number of hydrogen-bond acceptors (Lipinski definition) is 3. The summed E-state index contributed by atoms with van der Waals surface area (Å²) in [4.78, 5) is 30.0. The van der Waals surface area contributed by atoms with Crippen molar-refractivity contribution in [1.82, 2.24) is 9.80 Å². The molecule has 2 amide bonds. The summed E-state index contributed by atoms with van der Waals surface area (Å²) in [5.74, 6) is -0.325. The van der Waals surface area contributed by atoms with Crippen LogP contribution in [0.3, 0.4) is 0 Å². The quantitative estimate of drug-likeness (QED) is 0.644. The van der Waals surface area contributed by atoms with Crippen molar-refractivity contribution in [3.8, 4) is 0 Å². The predicted octanol–water partition coefficient (Wildman–Crippen LogP) is 5.06. The van der Waals surface area contributed by atoms with E-state index in [9.17, 15) is 9.59 Å². The van der Waals surface area contributed by atoms with Gasteiger partial charge in [0.2, 0.25) is 0 Å². The van der Waals surface area contributed by atoms with Crippen LogP contribution >= 0.6 is 11.6 Å². The number of rotatable bonds is 4. The second kappa shape index (κ2) is 7.82. The summed E-state index contributed by atoms with van der Waals surface area (Å²) in [6.45, 7) is 9.09.